The van der Waals surface area contributed by atoms with E-state index in [0.717, 1.165) is 28.1 Å². The zero-order chi connectivity index (χ0) is 21.0. The molecule has 7 heteroatoms. The second kappa shape index (κ2) is 9.63. The topological polar surface area (TPSA) is 78.5 Å². The molecule has 0 radical (unpaired) electrons. The predicted octanol–water partition coefficient (Wildman–Crippen LogP) is 3.57. The van der Waals surface area contributed by atoms with Crippen LogP contribution in [0, 0.1) is 6.92 Å². The minimum absolute atomic E-state index is 0.0847. The van der Waals surface area contributed by atoms with E-state index < -0.39 is 6.10 Å². The number of aliphatic hydroxyl groups excluding tert-OH is 1. The molecular weight excluding hydrogens is 386 g/mol. The molecule has 0 aliphatic rings. The van der Waals surface area contributed by atoms with Gasteiger partial charge < -0.3 is 14.8 Å². The Labute approximate surface area is 175 Å². The van der Waals surface area contributed by atoms with E-state index in [0.29, 0.717) is 30.9 Å². The van der Waals surface area contributed by atoms with E-state index in [4.69, 9.17) is 4.74 Å². The van der Waals surface area contributed by atoms with Crippen LogP contribution in [0.1, 0.15) is 32.2 Å². The summed E-state index contributed by atoms with van der Waals surface area (Å²) in [6.07, 6.45) is -0.497. The summed E-state index contributed by atoms with van der Waals surface area (Å²) in [7, 11) is 0. The normalized spacial score (nSPS) is 12.9. The number of hydrogen-bond donors (Lipinski definition) is 2. The minimum Gasteiger partial charge on any atom is -0.389 e. The number of fused-ring (bicyclic) bond motifs is 1. The fourth-order valence-corrected chi connectivity index (χ4v) is 4.27. The van der Waals surface area contributed by atoms with E-state index in [1.54, 1.807) is 0 Å². The Kier molecular flexibility index (Phi) is 7.18. The predicted molar refractivity (Wildman–Crippen MR) is 118 cm³/mol. The van der Waals surface area contributed by atoms with Crippen LogP contribution < -0.4 is 5.56 Å². The number of aromatic amines is 1. The average molecular weight is 416 g/mol. The number of aliphatic hydroxyl groups is 1. The lowest BCUT2D eigenvalue weighted by Crippen LogP contribution is -2.35. The van der Waals surface area contributed by atoms with Gasteiger partial charge in [-0.05, 0) is 38.4 Å². The Balaban J connectivity index is 1.81. The third kappa shape index (κ3) is 5.30. The minimum atomic E-state index is -0.581. The van der Waals surface area contributed by atoms with Gasteiger partial charge in [-0.1, -0.05) is 31.2 Å². The number of H-pyrrole nitrogens is 1. The largest absolute Gasteiger partial charge is 0.389 e. The van der Waals surface area contributed by atoms with Crippen molar-refractivity contribution in [1.82, 2.24) is 14.9 Å². The van der Waals surface area contributed by atoms with Crippen LogP contribution in [0.4, 0.5) is 0 Å². The first-order chi connectivity index (χ1) is 13.9. The van der Waals surface area contributed by atoms with Crippen LogP contribution in [-0.4, -0.2) is 51.9 Å². The van der Waals surface area contributed by atoms with Crippen LogP contribution in [0.5, 0.6) is 0 Å². The third-order valence-electron chi connectivity index (χ3n) is 4.84. The van der Waals surface area contributed by atoms with Crippen molar-refractivity contribution in [2.75, 3.05) is 19.7 Å². The van der Waals surface area contributed by atoms with Gasteiger partial charge in [-0.15, -0.1) is 11.3 Å². The first kappa shape index (κ1) is 21.6. The molecule has 0 bridgehead atoms. The van der Waals surface area contributed by atoms with Crippen molar-refractivity contribution >= 4 is 21.6 Å². The highest BCUT2D eigenvalue weighted by molar-refractivity contribution is 7.17. The summed E-state index contributed by atoms with van der Waals surface area (Å²) in [6.45, 7) is 9.92. The summed E-state index contributed by atoms with van der Waals surface area (Å²) < 4.78 is 5.48. The van der Waals surface area contributed by atoms with Crippen LogP contribution in [0.3, 0.4) is 0 Å². The summed E-state index contributed by atoms with van der Waals surface area (Å²) in [6, 6.07) is 8.05. The molecule has 1 unspecified atom stereocenters. The zero-order valence-electron chi connectivity index (χ0n) is 17.4. The average Bonchev–Trinajstić information content (AvgIpc) is 3.10. The van der Waals surface area contributed by atoms with Crippen LogP contribution in [0.25, 0.3) is 21.3 Å². The van der Waals surface area contributed by atoms with Crippen LogP contribution >= 0.6 is 11.3 Å². The summed E-state index contributed by atoms with van der Waals surface area (Å²) in [5.41, 5.74) is 2.99. The van der Waals surface area contributed by atoms with Crippen molar-refractivity contribution in [3.63, 3.8) is 0 Å². The van der Waals surface area contributed by atoms with E-state index >= 15 is 0 Å². The standard InChI is InChI=1S/C22H29N3O3S/c1-5-25(10-16(26)12-28-14(2)3)11-19-23-21(27)20-18(13-29-22(20)24-19)17-9-7-6-8-15(17)4/h6-9,13-14,16,26H,5,10-12H2,1-4H3,(H,23,24,27). The van der Waals surface area contributed by atoms with E-state index in [9.17, 15) is 9.90 Å². The van der Waals surface area contributed by atoms with E-state index in [1.165, 1.54) is 11.3 Å². The number of likely N-dealkylation sites (N-methyl/N-ethyl adjacent to an activating group) is 1. The van der Waals surface area contributed by atoms with Crippen LogP contribution in [-0.2, 0) is 11.3 Å². The van der Waals surface area contributed by atoms with E-state index in [-0.39, 0.29) is 11.7 Å². The Bertz CT molecular complexity index is 1010. The van der Waals surface area contributed by atoms with E-state index in [2.05, 4.69) is 9.97 Å². The quantitative estimate of drug-likeness (QED) is 0.559. The number of benzene rings is 1. The van der Waals surface area contributed by atoms with Gasteiger partial charge in [0.15, 0.2) is 0 Å². The molecule has 0 spiro atoms. The second-order valence-corrected chi connectivity index (χ2v) is 8.38. The van der Waals surface area contributed by atoms with Gasteiger partial charge in [-0.2, -0.15) is 0 Å². The van der Waals surface area contributed by atoms with Gasteiger partial charge in [0.05, 0.1) is 30.7 Å². The number of ether oxygens (including phenoxy) is 1. The van der Waals surface area contributed by atoms with Crippen LogP contribution in [0.2, 0.25) is 0 Å². The van der Waals surface area contributed by atoms with Gasteiger partial charge in [0.25, 0.3) is 5.56 Å². The van der Waals surface area contributed by atoms with E-state index in [1.807, 2.05) is 62.2 Å². The second-order valence-electron chi connectivity index (χ2n) is 7.52. The highest BCUT2D eigenvalue weighted by Gasteiger charge is 2.17. The first-order valence-corrected chi connectivity index (χ1v) is 10.8. The molecule has 2 aromatic heterocycles. The molecule has 156 valence electrons. The molecule has 0 saturated carbocycles. The number of rotatable bonds is 9. The van der Waals surface area contributed by atoms with Crippen molar-refractivity contribution in [3.8, 4) is 11.1 Å². The maximum atomic E-state index is 12.9. The molecule has 3 aromatic rings. The highest BCUT2D eigenvalue weighted by atomic mass is 32.1. The van der Waals surface area contributed by atoms with Gasteiger partial charge in [-0.25, -0.2) is 4.98 Å². The Hall–Kier alpha value is -2.06. The van der Waals surface area contributed by atoms with Crippen molar-refractivity contribution in [1.29, 1.82) is 0 Å². The SMILES string of the molecule is CCN(Cc1nc2scc(-c3ccccc3C)c2c(=O)[nH]1)CC(O)COC(C)C. The molecular formula is C22H29N3O3S. The zero-order valence-corrected chi connectivity index (χ0v) is 18.3. The molecule has 1 atom stereocenters. The summed E-state index contributed by atoms with van der Waals surface area (Å²) in [5.74, 6) is 0.611. The maximum Gasteiger partial charge on any atom is 0.260 e. The fraction of sp³-hybridized carbons (Fsp3) is 0.455. The van der Waals surface area contributed by atoms with Crippen molar-refractivity contribution < 1.29 is 9.84 Å². The smallest absolute Gasteiger partial charge is 0.260 e. The molecule has 29 heavy (non-hydrogen) atoms. The Morgan fingerprint density at radius 1 is 1.28 bits per heavy atom. The number of thiophene rings is 1. The van der Waals surface area contributed by atoms with Gasteiger partial charge in [-0.3, -0.25) is 9.69 Å². The summed E-state index contributed by atoms with van der Waals surface area (Å²) >= 11 is 1.49. The van der Waals surface area contributed by atoms with Crippen molar-refractivity contribution in [3.05, 3.63) is 51.4 Å². The van der Waals surface area contributed by atoms with Gasteiger partial charge in [0, 0.05) is 17.5 Å². The molecule has 1 aromatic carbocycles. The summed E-state index contributed by atoms with van der Waals surface area (Å²) in [5, 5.41) is 12.8. The van der Waals surface area contributed by atoms with Crippen molar-refractivity contribution in [2.45, 2.75) is 46.4 Å². The molecule has 0 amide bonds. The lowest BCUT2D eigenvalue weighted by atomic mass is 10.0. The molecule has 0 saturated heterocycles. The molecule has 0 aliphatic heterocycles. The first-order valence-electron chi connectivity index (χ1n) is 9.97. The molecule has 2 heterocycles. The van der Waals surface area contributed by atoms with Crippen LogP contribution in [0.15, 0.2) is 34.4 Å². The number of nitrogens with zero attached hydrogens (tertiary/aromatic N) is 2. The Morgan fingerprint density at radius 3 is 2.72 bits per heavy atom. The molecule has 0 fully saturated rings. The molecule has 2 N–H and O–H groups in total. The fourth-order valence-electron chi connectivity index (χ4n) is 3.31. The third-order valence-corrected chi connectivity index (χ3v) is 5.71. The summed E-state index contributed by atoms with van der Waals surface area (Å²) in [4.78, 5) is 23.3. The number of aromatic nitrogens is 2. The maximum absolute atomic E-state index is 12.9. The molecule has 0 aliphatic carbocycles. The number of nitrogens with one attached hydrogen (secondary N) is 1. The Morgan fingerprint density at radius 2 is 2.03 bits per heavy atom. The molecule has 3 rings (SSSR count). The lowest BCUT2D eigenvalue weighted by Gasteiger charge is -2.23. The lowest BCUT2D eigenvalue weighted by molar-refractivity contribution is -0.00912. The molecule has 6 nitrogen and oxygen atoms in total. The van der Waals surface area contributed by atoms with Gasteiger partial charge in [0.2, 0.25) is 0 Å². The highest BCUT2D eigenvalue weighted by Crippen LogP contribution is 2.32. The number of hydrogen-bond acceptors (Lipinski definition) is 6. The number of aryl methyl sites for hydroxylation is 1. The van der Waals surface area contributed by atoms with Gasteiger partial charge in [0.1, 0.15) is 10.7 Å². The van der Waals surface area contributed by atoms with Gasteiger partial charge >= 0.3 is 0 Å². The van der Waals surface area contributed by atoms with Crippen molar-refractivity contribution in [2.24, 2.45) is 0 Å². The monoisotopic (exact) mass is 415 g/mol.